The summed E-state index contributed by atoms with van der Waals surface area (Å²) in [5.41, 5.74) is 5.40. The molecule has 0 saturated heterocycles. The molecule has 3 heteroatoms. The lowest BCUT2D eigenvalue weighted by Gasteiger charge is -2.31. The summed E-state index contributed by atoms with van der Waals surface area (Å²) in [6.45, 7) is 3.91. The van der Waals surface area contributed by atoms with Crippen LogP contribution in [0.1, 0.15) is 26.7 Å². The molecule has 2 unspecified atom stereocenters. The Morgan fingerprint density at radius 2 is 2.36 bits per heavy atom. The maximum Gasteiger partial charge on any atom is 0.144 e. The average Bonchev–Trinajstić information content (AvgIpc) is 2.12. The number of ketones is 1. The third-order valence-corrected chi connectivity index (χ3v) is 3.16. The summed E-state index contributed by atoms with van der Waals surface area (Å²) in [5, 5.41) is 0. The normalized spacial score (nSPS) is 31.4. The van der Waals surface area contributed by atoms with Gasteiger partial charge in [0.15, 0.2) is 0 Å². The molecule has 0 radical (unpaired) electrons. The van der Waals surface area contributed by atoms with Crippen molar-refractivity contribution < 1.29 is 4.79 Å². The molecule has 0 spiro atoms. The maximum absolute atomic E-state index is 11.9. The summed E-state index contributed by atoms with van der Waals surface area (Å²) in [6.07, 6.45) is 7.14. The number of halogens is 1. The Morgan fingerprint density at radius 1 is 1.71 bits per heavy atom. The molecule has 0 heterocycles. The molecule has 0 saturated carbocycles. The van der Waals surface area contributed by atoms with E-state index in [4.69, 9.17) is 5.73 Å². The fourth-order valence-electron chi connectivity index (χ4n) is 1.59. The van der Waals surface area contributed by atoms with E-state index < -0.39 is 5.41 Å². The third kappa shape index (κ3) is 2.15. The van der Waals surface area contributed by atoms with Crippen molar-refractivity contribution >= 4 is 21.7 Å². The first-order valence-electron chi connectivity index (χ1n) is 4.86. The van der Waals surface area contributed by atoms with Gasteiger partial charge in [-0.25, -0.2) is 0 Å². The highest BCUT2D eigenvalue weighted by Crippen LogP contribution is 2.33. The standard InChI is InChI=1S/C11H16BrNO/c1-3-4-10(14)11(2)7-8(12)5-6-9(11)13/h5-7,9H,3-4,13H2,1-2H3. The quantitative estimate of drug-likeness (QED) is 0.845. The zero-order chi connectivity index (χ0) is 10.8. The Hall–Kier alpha value is -0.410. The van der Waals surface area contributed by atoms with E-state index in [1.807, 2.05) is 32.1 Å². The number of hydrogen-bond donors (Lipinski definition) is 1. The van der Waals surface area contributed by atoms with Gasteiger partial charge in [-0.1, -0.05) is 41.1 Å². The van der Waals surface area contributed by atoms with Crippen LogP contribution < -0.4 is 5.73 Å². The molecule has 0 aromatic rings. The van der Waals surface area contributed by atoms with Crippen molar-refractivity contribution in [2.24, 2.45) is 11.1 Å². The predicted octanol–water partition coefficient (Wildman–Crippen LogP) is 2.54. The molecule has 0 fully saturated rings. The smallest absolute Gasteiger partial charge is 0.144 e. The Labute approximate surface area is 93.4 Å². The van der Waals surface area contributed by atoms with Crippen molar-refractivity contribution in [3.8, 4) is 0 Å². The second-order valence-electron chi connectivity index (χ2n) is 3.87. The lowest BCUT2D eigenvalue weighted by Crippen LogP contribution is -2.44. The molecule has 1 aliphatic carbocycles. The molecule has 0 aromatic heterocycles. The summed E-state index contributed by atoms with van der Waals surface area (Å²) in [4.78, 5) is 11.9. The fraction of sp³-hybridized carbons (Fsp3) is 0.545. The zero-order valence-corrected chi connectivity index (χ0v) is 10.2. The lowest BCUT2D eigenvalue weighted by molar-refractivity contribution is -0.126. The van der Waals surface area contributed by atoms with Crippen LogP contribution in [0.2, 0.25) is 0 Å². The SMILES string of the molecule is CCCC(=O)C1(C)C=C(Br)C=CC1N. The number of allylic oxidation sites excluding steroid dienone is 2. The Bertz CT molecular complexity index is 296. The van der Waals surface area contributed by atoms with Crippen molar-refractivity contribution in [2.75, 3.05) is 0 Å². The second-order valence-corrected chi connectivity index (χ2v) is 4.79. The van der Waals surface area contributed by atoms with Gasteiger partial charge in [-0.15, -0.1) is 0 Å². The molecule has 1 aliphatic rings. The van der Waals surface area contributed by atoms with Crippen molar-refractivity contribution in [3.05, 3.63) is 22.7 Å². The Balaban J connectivity index is 2.92. The zero-order valence-electron chi connectivity index (χ0n) is 8.59. The monoisotopic (exact) mass is 257 g/mol. The number of carbonyl (C=O) groups excluding carboxylic acids is 1. The maximum atomic E-state index is 11.9. The van der Waals surface area contributed by atoms with Crippen LogP contribution in [0.4, 0.5) is 0 Å². The van der Waals surface area contributed by atoms with E-state index in [2.05, 4.69) is 15.9 Å². The highest BCUT2D eigenvalue weighted by Gasteiger charge is 2.36. The third-order valence-electron chi connectivity index (χ3n) is 2.67. The Morgan fingerprint density at radius 3 is 2.93 bits per heavy atom. The molecule has 78 valence electrons. The summed E-state index contributed by atoms with van der Waals surface area (Å²) >= 11 is 3.38. The van der Waals surface area contributed by atoms with Crippen LogP contribution in [-0.4, -0.2) is 11.8 Å². The van der Waals surface area contributed by atoms with Gasteiger partial charge < -0.3 is 5.73 Å². The number of hydrogen-bond acceptors (Lipinski definition) is 2. The van der Waals surface area contributed by atoms with Crippen molar-refractivity contribution in [1.29, 1.82) is 0 Å². The van der Waals surface area contributed by atoms with Gasteiger partial charge in [-0.05, 0) is 13.3 Å². The van der Waals surface area contributed by atoms with Gasteiger partial charge in [0.25, 0.3) is 0 Å². The largest absolute Gasteiger partial charge is 0.323 e. The van der Waals surface area contributed by atoms with E-state index in [0.717, 1.165) is 10.9 Å². The van der Waals surface area contributed by atoms with Crippen LogP contribution in [0, 0.1) is 5.41 Å². The molecule has 0 amide bonds. The van der Waals surface area contributed by atoms with Crippen LogP contribution in [0.15, 0.2) is 22.7 Å². The number of nitrogens with two attached hydrogens (primary N) is 1. The number of rotatable bonds is 3. The van der Waals surface area contributed by atoms with E-state index in [0.29, 0.717) is 6.42 Å². The van der Waals surface area contributed by atoms with Gasteiger partial charge in [0, 0.05) is 16.9 Å². The van der Waals surface area contributed by atoms with Gasteiger partial charge in [0.2, 0.25) is 0 Å². The van der Waals surface area contributed by atoms with Gasteiger partial charge in [0.1, 0.15) is 5.78 Å². The van der Waals surface area contributed by atoms with Gasteiger partial charge in [-0.3, -0.25) is 4.79 Å². The molecule has 0 bridgehead atoms. The van der Waals surface area contributed by atoms with Gasteiger partial charge in [0.05, 0.1) is 5.41 Å². The Kier molecular flexibility index (Phi) is 3.67. The average molecular weight is 258 g/mol. The minimum atomic E-state index is -0.538. The van der Waals surface area contributed by atoms with Crippen LogP contribution in [0.3, 0.4) is 0 Å². The minimum absolute atomic E-state index is 0.206. The van der Waals surface area contributed by atoms with Crippen LogP contribution in [-0.2, 0) is 4.79 Å². The van der Waals surface area contributed by atoms with Gasteiger partial charge >= 0.3 is 0 Å². The second kappa shape index (κ2) is 4.41. The first kappa shape index (κ1) is 11.7. The number of carbonyl (C=O) groups is 1. The predicted molar refractivity (Wildman–Crippen MR) is 62.1 cm³/mol. The molecule has 14 heavy (non-hydrogen) atoms. The molecule has 2 nitrogen and oxygen atoms in total. The summed E-state index contributed by atoms with van der Waals surface area (Å²) < 4.78 is 0.936. The number of Topliss-reactive ketones (excluding diaryl/α,β-unsaturated/α-hetero) is 1. The van der Waals surface area contributed by atoms with Gasteiger partial charge in [-0.2, -0.15) is 0 Å². The summed E-state index contributed by atoms with van der Waals surface area (Å²) in [6, 6.07) is -0.206. The highest BCUT2D eigenvalue weighted by atomic mass is 79.9. The van der Waals surface area contributed by atoms with E-state index in [-0.39, 0.29) is 11.8 Å². The van der Waals surface area contributed by atoms with Crippen LogP contribution in [0.25, 0.3) is 0 Å². The van der Waals surface area contributed by atoms with Crippen molar-refractivity contribution in [3.63, 3.8) is 0 Å². The van der Waals surface area contributed by atoms with E-state index in [1.165, 1.54) is 0 Å². The van der Waals surface area contributed by atoms with Crippen molar-refractivity contribution in [2.45, 2.75) is 32.7 Å². The van der Waals surface area contributed by atoms with E-state index in [9.17, 15) is 4.79 Å². The summed E-state index contributed by atoms with van der Waals surface area (Å²) in [7, 11) is 0. The highest BCUT2D eigenvalue weighted by molar-refractivity contribution is 9.11. The molecular weight excluding hydrogens is 242 g/mol. The first-order valence-corrected chi connectivity index (χ1v) is 5.65. The van der Waals surface area contributed by atoms with Crippen molar-refractivity contribution in [1.82, 2.24) is 0 Å². The fourth-order valence-corrected chi connectivity index (χ4v) is 2.22. The lowest BCUT2D eigenvalue weighted by atomic mass is 9.75. The molecule has 2 N–H and O–H groups in total. The van der Waals surface area contributed by atoms with Crippen LogP contribution >= 0.6 is 15.9 Å². The molecule has 0 aromatic carbocycles. The van der Waals surface area contributed by atoms with E-state index in [1.54, 1.807) is 0 Å². The minimum Gasteiger partial charge on any atom is -0.323 e. The summed E-state index contributed by atoms with van der Waals surface area (Å²) in [5.74, 6) is 0.216. The topological polar surface area (TPSA) is 43.1 Å². The van der Waals surface area contributed by atoms with Crippen LogP contribution in [0.5, 0.6) is 0 Å². The van der Waals surface area contributed by atoms with E-state index >= 15 is 0 Å². The molecule has 2 atom stereocenters. The molecular formula is C11H16BrNO. The first-order chi connectivity index (χ1) is 6.50. The molecule has 1 rings (SSSR count). The molecule has 0 aliphatic heterocycles.